The number of rotatable bonds is 3. The van der Waals surface area contributed by atoms with Gasteiger partial charge >= 0.3 is 0 Å². The molecule has 2 rings (SSSR count). The number of hydrogen-bond donors (Lipinski definition) is 1. The van der Waals surface area contributed by atoms with E-state index in [-0.39, 0.29) is 0 Å². The Morgan fingerprint density at radius 2 is 2.36 bits per heavy atom. The molecule has 0 spiro atoms. The first kappa shape index (κ1) is 9.99. The van der Waals surface area contributed by atoms with E-state index in [9.17, 15) is 0 Å². The zero-order valence-corrected chi connectivity index (χ0v) is 9.97. The summed E-state index contributed by atoms with van der Waals surface area (Å²) < 4.78 is 1.17. The van der Waals surface area contributed by atoms with Gasteiger partial charge in [-0.25, -0.2) is 5.43 Å². The van der Waals surface area contributed by atoms with Crippen LogP contribution < -0.4 is 10.4 Å². The first-order valence-electron chi connectivity index (χ1n) is 5.10. The van der Waals surface area contributed by atoms with Gasteiger partial charge in [0.2, 0.25) is 0 Å². The Kier molecular flexibility index (Phi) is 3.08. The van der Waals surface area contributed by atoms with Crippen molar-refractivity contribution in [2.24, 2.45) is 0 Å². The lowest BCUT2D eigenvalue weighted by molar-refractivity contribution is 0.634. The molecular weight excluding hydrogens is 240 g/mol. The second-order valence-electron chi connectivity index (χ2n) is 3.58. The molecule has 0 atom stereocenters. The summed E-state index contributed by atoms with van der Waals surface area (Å²) in [6, 6.07) is 6.49. The highest BCUT2D eigenvalue weighted by atomic mass is 79.9. The number of anilines is 1. The monoisotopic (exact) mass is 254 g/mol. The van der Waals surface area contributed by atoms with Gasteiger partial charge in [0.15, 0.2) is 0 Å². The summed E-state index contributed by atoms with van der Waals surface area (Å²) in [5, 5.41) is 2.26. The molecule has 0 unspecified atom stereocenters. The molecule has 1 aliphatic heterocycles. The van der Waals surface area contributed by atoms with Gasteiger partial charge in [-0.2, -0.15) is 0 Å². The molecule has 3 heteroatoms. The molecule has 1 heterocycles. The highest BCUT2D eigenvalue weighted by molar-refractivity contribution is 9.10. The van der Waals surface area contributed by atoms with Gasteiger partial charge in [-0.05, 0) is 36.6 Å². The Hall–Kier alpha value is -0.540. The van der Waals surface area contributed by atoms with Gasteiger partial charge in [0, 0.05) is 17.6 Å². The van der Waals surface area contributed by atoms with E-state index in [1.165, 1.54) is 22.1 Å². The Balaban J connectivity index is 2.14. The number of hydrazine groups is 1. The molecule has 0 aliphatic carbocycles. The normalized spacial score (nSPS) is 14.6. The van der Waals surface area contributed by atoms with Crippen molar-refractivity contribution in [3.8, 4) is 0 Å². The minimum absolute atomic E-state index is 1.05. The molecular formula is C11H15BrN2. The van der Waals surface area contributed by atoms with Gasteiger partial charge in [0.05, 0.1) is 5.69 Å². The van der Waals surface area contributed by atoms with Crippen LogP contribution in [0.1, 0.15) is 18.9 Å². The second-order valence-corrected chi connectivity index (χ2v) is 4.50. The summed E-state index contributed by atoms with van der Waals surface area (Å²) in [7, 11) is 0. The van der Waals surface area contributed by atoms with E-state index < -0.39 is 0 Å². The lowest BCUT2D eigenvalue weighted by atomic mass is 10.2. The molecule has 2 nitrogen and oxygen atoms in total. The van der Waals surface area contributed by atoms with E-state index >= 15 is 0 Å². The van der Waals surface area contributed by atoms with Gasteiger partial charge in [-0.15, -0.1) is 0 Å². The molecule has 1 N–H and O–H groups in total. The van der Waals surface area contributed by atoms with Crippen LogP contribution in [0.15, 0.2) is 22.7 Å². The Morgan fingerprint density at radius 3 is 3.14 bits per heavy atom. The fourth-order valence-corrected chi connectivity index (χ4v) is 2.19. The molecule has 0 radical (unpaired) electrons. The van der Waals surface area contributed by atoms with Crippen molar-refractivity contribution in [2.75, 3.05) is 18.1 Å². The molecule has 1 aromatic rings. The third-order valence-electron chi connectivity index (χ3n) is 2.49. The standard InChI is InChI=1S/C11H15BrN2/c1-2-6-13-14-7-5-9-8-10(12)3-4-11(9)14/h3-4,8,13H,2,5-7H2,1H3. The summed E-state index contributed by atoms with van der Waals surface area (Å²) in [6.07, 6.45) is 2.31. The highest BCUT2D eigenvalue weighted by Gasteiger charge is 2.17. The van der Waals surface area contributed by atoms with Crippen LogP contribution >= 0.6 is 15.9 Å². The van der Waals surface area contributed by atoms with E-state index in [2.05, 4.69) is 51.5 Å². The smallest absolute Gasteiger partial charge is 0.0553 e. The maximum absolute atomic E-state index is 3.50. The molecule has 0 aromatic heterocycles. The topological polar surface area (TPSA) is 15.3 Å². The fourth-order valence-electron chi connectivity index (χ4n) is 1.78. The van der Waals surface area contributed by atoms with Gasteiger partial charge in [0.25, 0.3) is 0 Å². The number of hydrogen-bond acceptors (Lipinski definition) is 2. The lowest BCUT2D eigenvalue weighted by Gasteiger charge is -2.20. The van der Waals surface area contributed by atoms with Crippen molar-refractivity contribution in [1.82, 2.24) is 5.43 Å². The van der Waals surface area contributed by atoms with Crippen LogP contribution in [0.3, 0.4) is 0 Å². The molecule has 0 amide bonds. The van der Waals surface area contributed by atoms with E-state index in [1.54, 1.807) is 0 Å². The second kappa shape index (κ2) is 4.32. The number of nitrogens with zero attached hydrogens (tertiary/aromatic N) is 1. The van der Waals surface area contributed by atoms with Crippen LogP contribution in [0.2, 0.25) is 0 Å². The fraction of sp³-hybridized carbons (Fsp3) is 0.455. The number of halogens is 1. The van der Waals surface area contributed by atoms with E-state index in [0.29, 0.717) is 0 Å². The van der Waals surface area contributed by atoms with Crippen molar-refractivity contribution >= 4 is 21.6 Å². The Morgan fingerprint density at radius 1 is 1.50 bits per heavy atom. The van der Waals surface area contributed by atoms with Gasteiger partial charge < -0.3 is 5.01 Å². The van der Waals surface area contributed by atoms with Crippen molar-refractivity contribution in [3.05, 3.63) is 28.2 Å². The number of nitrogens with one attached hydrogen (secondary N) is 1. The highest BCUT2D eigenvalue weighted by Crippen LogP contribution is 2.28. The van der Waals surface area contributed by atoms with Crippen molar-refractivity contribution in [1.29, 1.82) is 0 Å². The lowest BCUT2D eigenvalue weighted by Crippen LogP contribution is -2.36. The van der Waals surface area contributed by atoms with Crippen LogP contribution in [0, 0.1) is 0 Å². The summed E-state index contributed by atoms with van der Waals surface area (Å²) in [5.41, 5.74) is 6.19. The largest absolute Gasteiger partial charge is 0.308 e. The van der Waals surface area contributed by atoms with Gasteiger partial charge in [0.1, 0.15) is 0 Å². The molecule has 0 saturated carbocycles. The van der Waals surface area contributed by atoms with Crippen LogP contribution in [-0.4, -0.2) is 13.1 Å². The summed E-state index contributed by atoms with van der Waals surface area (Å²) >= 11 is 3.50. The quantitative estimate of drug-likeness (QED) is 0.893. The number of fused-ring (bicyclic) bond motifs is 1. The predicted molar refractivity (Wildman–Crippen MR) is 63.5 cm³/mol. The van der Waals surface area contributed by atoms with Gasteiger partial charge in [-0.1, -0.05) is 22.9 Å². The van der Waals surface area contributed by atoms with E-state index in [4.69, 9.17) is 0 Å². The Bertz CT molecular complexity index is 325. The molecule has 14 heavy (non-hydrogen) atoms. The molecule has 0 saturated heterocycles. The molecule has 76 valence electrons. The molecule has 0 bridgehead atoms. The zero-order chi connectivity index (χ0) is 9.97. The predicted octanol–water partition coefficient (Wildman–Crippen LogP) is 2.73. The van der Waals surface area contributed by atoms with Crippen molar-refractivity contribution in [2.45, 2.75) is 19.8 Å². The SMILES string of the molecule is CCCNN1CCc2cc(Br)ccc21. The van der Waals surface area contributed by atoms with E-state index in [1.807, 2.05) is 0 Å². The molecule has 0 fully saturated rings. The van der Waals surface area contributed by atoms with Crippen molar-refractivity contribution < 1.29 is 0 Å². The van der Waals surface area contributed by atoms with Crippen LogP contribution in [0.5, 0.6) is 0 Å². The zero-order valence-electron chi connectivity index (χ0n) is 8.39. The summed E-state index contributed by atoms with van der Waals surface area (Å²) in [4.78, 5) is 0. The van der Waals surface area contributed by atoms with E-state index in [0.717, 1.165) is 19.5 Å². The minimum Gasteiger partial charge on any atom is -0.308 e. The maximum atomic E-state index is 3.50. The first-order valence-corrected chi connectivity index (χ1v) is 5.90. The Labute approximate surface area is 93.4 Å². The maximum Gasteiger partial charge on any atom is 0.0553 e. The summed E-state index contributed by atoms with van der Waals surface area (Å²) in [6.45, 7) is 4.33. The molecule has 1 aromatic carbocycles. The first-order chi connectivity index (χ1) is 6.81. The summed E-state index contributed by atoms with van der Waals surface area (Å²) in [5.74, 6) is 0. The van der Waals surface area contributed by atoms with Crippen LogP contribution in [0.4, 0.5) is 5.69 Å². The van der Waals surface area contributed by atoms with Crippen LogP contribution in [0.25, 0.3) is 0 Å². The third kappa shape index (κ3) is 1.93. The van der Waals surface area contributed by atoms with Gasteiger partial charge in [-0.3, -0.25) is 0 Å². The average Bonchev–Trinajstić information content (AvgIpc) is 2.57. The average molecular weight is 255 g/mol. The van der Waals surface area contributed by atoms with Crippen LogP contribution in [-0.2, 0) is 6.42 Å². The minimum atomic E-state index is 1.05. The van der Waals surface area contributed by atoms with Crippen molar-refractivity contribution in [3.63, 3.8) is 0 Å². The molecule has 1 aliphatic rings. The number of benzene rings is 1. The third-order valence-corrected chi connectivity index (χ3v) is 2.98.